The maximum atomic E-state index is 14.0. The number of carbonyl (C=O) groups excluding carboxylic acids is 3. The van der Waals surface area contributed by atoms with E-state index in [0.29, 0.717) is 48.8 Å². The van der Waals surface area contributed by atoms with Crippen LogP contribution in [0.4, 0.5) is 11.4 Å². The predicted molar refractivity (Wildman–Crippen MR) is 146 cm³/mol. The van der Waals surface area contributed by atoms with Gasteiger partial charge in [0.1, 0.15) is 11.4 Å². The Morgan fingerprint density at radius 3 is 2.27 bits per heavy atom. The van der Waals surface area contributed by atoms with Gasteiger partial charge in [-0.15, -0.1) is 5.10 Å². The number of benzene rings is 2. The lowest BCUT2D eigenvalue weighted by Crippen LogP contribution is -2.39. The van der Waals surface area contributed by atoms with Gasteiger partial charge in [-0.1, -0.05) is 5.21 Å². The average molecular weight is 541 g/mol. The molecule has 2 aromatic heterocycles. The number of nitrogens with zero attached hydrogens (tertiary/aromatic N) is 7. The molecule has 12 nitrogen and oxygen atoms in total. The summed E-state index contributed by atoms with van der Waals surface area (Å²) in [5.74, 6) is -0.0386. The second-order valence-corrected chi connectivity index (χ2v) is 9.77. The van der Waals surface area contributed by atoms with Gasteiger partial charge in [0.15, 0.2) is 5.69 Å². The van der Waals surface area contributed by atoms with Crippen LogP contribution in [-0.4, -0.2) is 62.7 Å². The fraction of sp³-hybridized carbons (Fsp3) is 0.286. The molecule has 0 unspecified atom stereocenters. The monoisotopic (exact) mass is 540 g/mol. The summed E-state index contributed by atoms with van der Waals surface area (Å²) in [4.78, 5) is 41.4. The van der Waals surface area contributed by atoms with E-state index in [9.17, 15) is 14.4 Å². The van der Waals surface area contributed by atoms with Crippen molar-refractivity contribution >= 4 is 29.1 Å². The fourth-order valence-electron chi connectivity index (χ4n) is 5.25. The molecule has 1 fully saturated rings. The number of ether oxygens (including phenoxy) is 1. The quantitative estimate of drug-likeness (QED) is 0.379. The topological polar surface area (TPSA) is 141 Å². The molecule has 2 aliphatic heterocycles. The van der Waals surface area contributed by atoms with Crippen LogP contribution in [0.15, 0.2) is 54.7 Å². The molecule has 12 heteroatoms. The third kappa shape index (κ3) is 4.57. The van der Waals surface area contributed by atoms with Crippen LogP contribution in [-0.2, 0) is 17.8 Å². The third-order valence-corrected chi connectivity index (χ3v) is 7.32. The number of methoxy groups -OCH3 is 1. The van der Waals surface area contributed by atoms with Gasteiger partial charge in [-0.3, -0.25) is 14.4 Å². The summed E-state index contributed by atoms with van der Waals surface area (Å²) in [5.41, 5.74) is 9.59. The number of primary amides is 1. The SMILES string of the molecule is COc1ccc(-n2nc(Cn3cc(C(N)=O)nn3)c3c2C(=O)N(c2ccc(N4CCCCC4=O)cc2)CC3)cc1. The van der Waals surface area contributed by atoms with Crippen LogP contribution in [0.5, 0.6) is 5.75 Å². The first-order chi connectivity index (χ1) is 19.4. The molecular formula is C28H28N8O4. The summed E-state index contributed by atoms with van der Waals surface area (Å²) in [6.45, 7) is 1.39. The average Bonchev–Trinajstić information content (AvgIpc) is 3.60. The van der Waals surface area contributed by atoms with E-state index in [0.717, 1.165) is 29.8 Å². The Hall–Kier alpha value is -5.00. The predicted octanol–water partition coefficient (Wildman–Crippen LogP) is 2.34. The molecule has 0 spiro atoms. The number of aromatic nitrogens is 5. The first-order valence-electron chi connectivity index (χ1n) is 13.1. The van der Waals surface area contributed by atoms with Crippen molar-refractivity contribution in [1.82, 2.24) is 24.8 Å². The van der Waals surface area contributed by atoms with Crippen molar-refractivity contribution in [2.45, 2.75) is 32.2 Å². The van der Waals surface area contributed by atoms with Crippen LogP contribution < -0.4 is 20.3 Å². The van der Waals surface area contributed by atoms with E-state index >= 15 is 0 Å². The molecule has 2 N–H and O–H groups in total. The van der Waals surface area contributed by atoms with Crippen LogP contribution in [0.25, 0.3) is 5.69 Å². The molecule has 204 valence electrons. The van der Waals surface area contributed by atoms with Gasteiger partial charge in [-0.2, -0.15) is 5.10 Å². The highest BCUT2D eigenvalue weighted by Crippen LogP contribution is 2.31. The number of rotatable bonds is 7. The van der Waals surface area contributed by atoms with Crippen molar-refractivity contribution in [3.05, 3.63) is 77.4 Å². The highest BCUT2D eigenvalue weighted by molar-refractivity contribution is 6.07. The summed E-state index contributed by atoms with van der Waals surface area (Å²) >= 11 is 0. The molecule has 0 atom stereocenters. The van der Waals surface area contributed by atoms with Crippen LogP contribution >= 0.6 is 0 Å². The van der Waals surface area contributed by atoms with Gasteiger partial charge in [0, 0.05) is 36.4 Å². The van der Waals surface area contributed by atoms with Gasteiger partial charge in [-0.05, 0) is 67.8 Å². The first kappa shape index (κ1) is 25.3. The number of hydrogen-bond donors (Lipinski definition) is 1. The summed E-state index contributed by atoms with van der Waals surface area (Å²) in [6, 6.07) is 14.9. The highest BCUT2D eigenvalue weighted by atomic mass is 16.5. The Morgan fingerprint density at radius 1 is 0.925 bits per heavy atom. The van der Waals surface area contributed by atoms with Crippen LogP contribution in [0.2, 0.25) is 0 Å². The Labute approximate surface area is 229 Å². The van der Waals surface area contributed by atoms with Gasteiger partial charge >= 0.3 is 0 Å². The van der Waals surface area contributed by atoms with Crippen LogP contribution in [0.1, 0.15) is 51.5 Å². The number of carbonyl (C=O) groups is 3. The lowest BCUT2D eigenvalue weighted by molar-refractivity contribution is -0.119. The van der Waals surface area contributed by atoms with E-state index in [1.165, 1.54) is 10.9 Å². The number of hydrogen-bond acceptors (Lipinski definition) is 7. The normalized spacial score (nSPS) is 15.3. The molecule has 2 aromatic carbocycles. The second kappa shape index (κ2) is 10.3. The zero-order chi connectivity index (χ0) is 27.8. The molecule has 0 radical (unpaired) electrons. The molecule has 0 aliphatic carbocycles. The molecular weight excluding hydrogens is 512 g/mol. The lowest BCUT2D eigenvalue weighted by Gasteiger charge is -2.30. The second-order valence-electron chi connectivity index (χ2n) is 9.77. The summed E-state index contributed by atoms with van der Waals surface area (Å²) in [6.07, 6.45) is 4.50. The molecule has 1 saturated heterocycles. The van der Waals surface area contributed by atoms with Crippen molar-refractivity contribution < 1.29 is 19.1 Å². The fourth-order valence-corrected chi connectivity index (χ4v) is 5.25. The first-order valence-corrected chi connectivity index (χ1v) is 13.1. The molecule has 0 bridgehead atoms. The van der Waals surface area contributed by atoms with E-state index in [1.807, 2.05) is 53.4 Å². The smallest absolute Gasteiger partial charge is 0.277 e. The summed E-state index contributed by atoms with van der Waals surface area (Å²) in [7, 11) is 1.59. The van der Waals surface area contributed by atoms with Crippen LogP contribution in [0, 0.1) is 0 Å². The molecule has 3 amide bonds. The van der Waals surface area contributed by atoms with Gasteiger partial charge < -0.3 is 20.3 Å². The van der Waals surface area contributed by atoms with Crippen molar-refractivity contribution in [3.63, 3.8) is 0 Å². The van der Waals surface area contributed by atoms with E-state index in [4.69, 9.17) is 15.6 Å². The highest BCUT2D eigenvalue weighted by Gasteiger charge is 2.33. The molecule has 2 aliphatic rings. The van der Waals surface area contributed by atoms with Crippen molar-refractivity contribution in [2.24, 2.45) is 5.73 Å². The summed E-state index contributed by atoms with van der Waals surface area (Å²) < 4.78 is 8.42. The standard InChI is InChI=1S/C28H28N8O4/c1-40-21-11-9-20(10-12-21)36-26-22(23(31-36)16-33-17-24(27(29)38)30-32-33)13-15-35(28(26)39)19-7-5-18(6-8-19)34-14-3-2-4-25(34)37/h5-12,17H,2-4,13-16H2,1H3,(H2,29,38). The van der Waals surface area contributed by atoms with Crippen molar-refractivity contribution in [2.75, 3.05) is 30.0 Å². The number of nitrogens with two attached hydrogens (primary N) is 1. The van der Waals surface area contributed by atoms with Gasteiger partial charge in [0.25, 0.3) is 11.8 Å². The van der Waals surface area contributed by atoms with E-state index in [-0.39, 0.29) is 24.1 Å². The maximum absolute atomic E-state index is 14.0. The Morgan fingerprint density at radius 2 is 1.62 bits per heavy atom. The number of fused-ring (bicyclic) bond motifs is 1. The van der Waals surface area contributed by atoms with Crippen molar-refractivity contribution in [3.8, 4) is 11.4 Å². The molecule has 6 rings (SSSR count). The minimum absolute atomic E-state index is 0.0559. The Bertz CT molecular complexity index is 1590. The zero-order valence-corrected chi connectivity index (χ0v) is 22.0. The summed E-state index contributed by atoms with van der Waals surface area (Å²) in [5, 5.41) is 12.6. The van der Waals surface area contributed by atoms with E-state index in [2.05, 4.69) is 10.3 Å². The maximum Gasteiger partial charge on any atom is 0.277 e. The van der Waals surface area contributed by atoms with Crippen LogP contribution in [0.3, 0.4) is 0 Å². The Kier molecular flexibility index (Phi) is 6.50. The van der Waals surface area contributed by atoms with Gasteiger partial charge in [0.2, 0.25) is 5.91 Å². The molecule has 4 heterocycles. The third-order valence-electron chi connectivity index (χ3n) is 7.32. The van der Waals surface area contributed by atoms with Crippen molar-refractivity contribution in [1.29, 1.82) is 0 Å². The number of amides is 3. The lowest BCUT2D eigenvalue weighted by atomic mass is 10.0. The zero-order valence-electron chi connectivity index (χ0n) is 22.0. The number of piperidine rings is 1. The Balaban J connectivity index is 1.35. The van der Waals surface area contributed by atoms with E-state index < -0.39 is 5.91 Å². The number of anilines is 2. The minimum atomic E-state index is -0.668. The van der Waals surface area contributed by atoms with E-state index in [1.54, 1.807) is 16.7 Å². The van der Waals surface area contributed by atoms with Gasteiger partial charge in [0.05, 0.1) is 31.2 Å². The molecule has 4 aromatic rings. The molecule has 0 saturated carbocycles. The minimum Gasteiger partial charge on any atom is -0.497 e. The largest absolute Gasteiger partial charge is 0.497 e. The van der Waals surface area contributed by atoms with Gasteiger partial charge in [-0.25, -0.2) is 9.36 Å². The molecule has 40 heavy (non-hydrogen) atoms.